The van der Waals surface area contributed by atoms with Crippen molar-refractivity contribution in [3.8, 4) is 0 Å². The molecule has 0 saturated carbocycles. The van der Waals surface area contributed by atoms with Gasteiger partial charge >= 0.3 is 0 Å². The molecule has 84 valence electrons. The van der Waals surface area contributed by atoms with Crippen molar-refractivity contribution in [2.75, 3.05) is 26.2 Å². The Morgan fingerprint density at radius 3 is 2.88 bits per heavy atom. The molecule has 3 rings (SSSR count). The fraction of sp³-hybridized carbons (Fsp3) is 0.417. The minimum Gasteiger partial charge on any atom is -0.439 e. The zero-order valence-corrected chi connectivity index (χ0v) is 9.15. The van der Waals surface area contributed by atoms with Crippen LogP contribution >= 0.6 is 0 Å². The zero-order chi connectivity index (χ0) is 10.8. The van der Waals surface area contributed by atoms with Crippen LogP contribution < -0.4 is 5.32 Å². The second-order valence-electron chi connectivity index (χ2n) is 4.10. The molecule has 1 aromatic carbocycles. The van der Waals surface area contributed by atoms with Crippen LogP contribution in [0.25, 0.3) is 11.1 Å². The SMILES string of the molecule is c1ccc2oc(CN3CCNCC3)nc2c1. The summed E-state index contributed by atoms with van der Waals surface area (Å²) in [5, 5.41) is 3.33. The first-order valence-corrected chi connectivity index (χ1v) is 5.69. The summed E-state index contributed by atoms with van der Waals surface area (Å²) in [7, 11) is 0. The van der Waals surface area contributed by atoms with Crippen molar-refractivity contribution in [2.45, 2.75) is 6.54 Å². The van der Waals surface area contributed by atoms with Gasteiger partial charge in [-0.05, 0) is 12.1 Å². The molecule has 0 bridgehead atoms. The standard InChI is InChI=1S/C12H15N3O/c1-2-4-11-10(3-1)14-12(16-11)9-15-7-5-13-6-8-15/h1-4,13H,5-9H2. The number of nitrogens with one attached hydrogen (secondary N) is 1. The lowest BCUT2D eigenvalue weighted by atomic mass is 10.3. The molecule has 16 heavy (non-hydrogen) atoms. The summed E-state index contributed by atoms with van der Waals surface area (Å²) in [6.45, 7) is 5.06. The van der Waals surface area contributed by atoms with Crippen LogP contribution in [0.1, 0.15) is 5.89 Å². The molecular formula is C12H15N3O. The summed E-state index contributed by atoms with van der Waals surface area (Å²) >= 11 is 0. The van der Waals surface area contributed by atoms with Gasteiger partial charge in [-0.15, -0.1) is 0 Å². The maximum atomic E-state index is 5.70. The summed E-state index contributed by atoms with van der Waals surface area (Å²) in [5.41, 5.74) is 1.83. The van der Waals surface area contributed by atoms with Gasteiger partial charge in [-0.1, -0.05) is 12.1 Å². The third-order valence-electron chi connectivity index (χ3n) is 2.91. The van der Waals surface area contributed by atoms with Crippen LogP contribution in [0.5, 0.6) is 0 Å². The maximum absolute atomic E-state index is 5.70. The third-order valence-corrected chi connectivity index (χ3v) is 2.91. The summed E-state index contributed by atoms with van der Waals surface area (Å²) in [6, 6.07) is 7.91. The van der Waals surface area contributed by atoms with Crippen LogP contribution in [0.15, 0.2) is 28.7 Å². The van der Waals surface area contributed by atoms with E-state index in [0.717, 1.165) is 49.7 Å². The van der Waals surface area contributed by atoms with Gasteiger partial charge in [-0.3, -0.25) is 4.90 Å². The summed E-state index contributed by atoms with van der Waals surface area (Å²) in [5.74, 6) is 0.822. The van der Waals surface area contributed by atoms with Crippen LogP contribution in [-0.2, 0) is 6.54 Å². The molecule has 0 spiro atoms. The molecule has 4 heteroatoms. The van der Waals surface area contributed by atoms with Crippen LogP contribution in [-0.4, -0.2) is 36.1 Å². The van der Waals surface area contributed by atoms with E-state index in [1.807, 2.05) is 24.3 Å². The largest absolute Gasteiger partial charge is 0.439 e. The minimum absolute atomic E-state index is 0.816. The molecular weight excluding hydrogens is 202 g/mol. The van der Waals surface area contributed by atoms with Crippen LogP contribution in [0.2, 0.25) is 0 Å². The number of nitrogens with zero attached hydrogens (tertiary/aromatic N) is 2. The van der Waals surface area contributed by atoms with Gasteiger partial charge in [0.25, 0.3) is 0 Å². The normalized spacial score (nSPS) is 18.0. The predicted molar refractivity (Wildman–Crippen MR) is 62.2 cm³/mol. The highest BCUT2D eigenvalue weighted by Gasteiger charge is 2.13. The molecule has 0 amide bonds. The number of fused-ring (bicyclic) bond motifs is 1. The summed E-state index contributed by atoms with van der Waals surface area (Å²) in [4.78, 5) is 6.84. The number of hydrogen-bond acceptors (Lipinski definition) is 4. The highest BCUT2D eigenvalue weighted by atomic mass is 16.3. The third kappa shape index (κ3) is 1.94. The molecule has 1 aliphatic heterocycles. The molecule has 0 atom stereocenters. The van der Waals surface area contributed by atoms with Crippen molar-refractivity contribution in [1.82, 2.24) is 15.2 Å². The number of benzene rings is 1. The van der Waals surface area contributed by atoms with Crippen LogP contribution in [0, 0.1) is 0 Å². The Hall–Kier alpha value is -1.39. The van der Waals surface area contributed by atoms with Gasteiger partial charge in [0.1, 0.15) is 5.52 Å². The van der Waals surface area contributed by atoms with E-state index in [4.69, 9.17) is 4.42 Å². The lowest BCUT2D eigenvalue weighted by Gasteiger charge is -2.25. The van der Waals surface area contributed by atoms with E-state index < -0.39 is 0 Å². The molecule has 0 aliphatic carbocycles. The van der Waals surface area contributed by atoms with E-state index in [1.165, 1.54) is 0 Å². The molecule has 1 aliphatic rings. The van der Waals surface area contributed by atoms with Gasteiger partial charge in [0.05, 0.1) is 6.54 Å². The molecule has 2 aromatic rings. The maximum Gasteiger partial charge on any atom is 0.209 e. The molecule has 1 aromatic heterocycles. The van der Waals surface area contributed by atoms with Gasteiger partial charge in [0, 0.05) is 26.2 Å². The topological polar surface area (TPSA) is 41.3 Å². The molecule has 1 saturated heterocycles. The van der Waals surface area contributed by atoms with E-state index in [0.29, 0.717) is 0 Å². The number of hydrogen-bond donors (Lipinski definition) is 1. The van der Waals surface area contributed by atoms with Crippen molar-refractivity contribution in [1.29, 1.82) is 0 Å². The Kier molecular flexibility index (Phi) is 2.60. The average molecular weight is 217 g/mol. The predicted octanol–water partition coefficient (Wildman–Crippen LogP) is 1.23. The van der Waals surface area contributed by atoms with Gasteiger partial charge in [0.15, 0.2) is 5.58 Å². The van der Waals surface area contributed by atoms with Gasteiger partial charge in [0.2, 0.25) is 5.89 Å². The van der Waals surface area contributed by atoms with Crippen molar-refractivity contribution in [3.05, 3.63) is 30.2 Å². The number of para-hydroxylation sites is 2. The highest BCUT2D eigenvalue weighted by Crippen LogP contribution is 2.15. The average Bonchev–Trinajstić information content (AvgIpc) is 2.72. The van der Waals surface area contributed by atoms with Gasteiger partial charge in [-0.25, -0.2) is 4.98 Å². The Labute approximate surface area is 94.3 Å². The second-order valence-corrected chi connectivity index (χ2v) is 4.10. The monoisotopic (exact) mass is 217 g/mol. The fourth-order valence-electron chi connectivity index (χ4n) is 2.05. The Bertz CT molecular complexity index is 441. The van der Waals surface area contributed by atoms with E-state index >= 15 is 0 Å². The van der Waals surface area contributed by atoms with Gasteiger partial charge < -0.3 is 9.73 Å². The van der Waals surface area contributed by atoms with E-state index in [1.54, 1.807) is 0 Å². The minimum atomic E-state index is 0.816. The number of aromatic nitrogens is 1. The molecule has 4 nitrogen and oxygen atoms in total. The van der Waals surface area contributed by atoms with Gasteiger partial charge in [-0.2, -0.15) is 0 Å². The first-order valence-electron chi connectivity index (χ1n) is 5.69. The van der Waals surface area contributed by atoms with E-state index in [2.05, 4.69) is 15.2 Å². The molecule has 0 unspecified atom stereocenters. The fourth-order valence-corrected chi connectivity index (χ4v) is 2.05. The zero-order valence-electron chi connectivity index (χ0n) is 9.15. The number of oxazole rings is 1. The lowest BCUT2D eigenvalue weighted by Crippen LogP contribution is -2.42. The summed E-state index contributed by atoms with van der Waals surface area (Å²) < 4.78 is 5.70. The molecule has 1 fully saturated rings. The van der Waals surface area contributed by atoms with E-state index in [9.17, 15) is 0 Å². The van der Waals surface area contributed by atoms with Crippen LogP contribution in [0.3, 0.4) is 0 Å². The molecule has 1 N–H and O–H groups in total. The Morgan fingerprint density at radius 2 is 2.06 bits per heavy atom. The molecule has 0 radical (unpaired) electrons. The van der Waals surface area contributed by atoms with Crippen LogP contribution in [0.4, 0.5) is 0 Å². The van der Waals surface area contributed by atoms with Crippen molar-refractivity contribution < 1.29 is 4.42 Å². The molecule has 2 heterocycles. The number of piperazine rings is 1. The van der Waals surface area contributed by atoms with Crippen molar-refractivity contribution >= 4 is 11.1 Å². The Morgan fingerprint density at radius 1 is 1.25 bits per heavy atom. The first kappa shape index (κ1) is 9.81. The van der Waals surface area contributed by atoms with Crippen molar-refractivity contribution in [3.63, 3.8) is 0 Å². The number of rotatable bonds is 2. The smallest absolute Gasteiger partial charge is 0.209 e. The lowest BCUT2D eigenvalue weighted by molar-refractivity contribution is 0.214. The van der Waals surface area contributed by atoms with Crippen molar-refractivity contribution in [2.24, 2.45) is 0 Å². The second kappa shape index (κ2) is 4.23. The first-order chi connectivity index (χ1) is 7.92. The Balaban J connectivity index is 1.78. The summed E-state index contributed by atoms with van der Waals surface area (Å²) in [6.07, 6.45) is 0. The quantitative estimate of drug-likeness (QED) is 0.821. The highest BCUT2D eigenvalue weighted by molar-refractivity contribution is 5.72. The van der Waals surface area contributed by atoms with E-state index in [-0.39, 0.29) is 0 Å².